The van der Waals surface area contributed by atoms with Gasteiger partial charge in [-0.05, 0) is 30.3 Å². The van der Waals surface area contributed by atoms with Gasteiger partial charge in [0.15, 0.2) is 5.75 Å². The van der Waals surface area contributed by atoms with E-state index >= 15 is 0 Å². The summed E-state index contributed by atoms with van der Waals surface area (Å²) in [5, 5.41) is 0.693. The predicted molar refractivity (Wildman–Crippen MR) is 79.4 cm³/mol. The third-order valence-electron chi connectivity index (χ3n) is 2.46. The minimum atomic E-state index is -0.588. The summed E-state index contributed by atoms with van der Waals surface area (Å²) in [6.45, 7) is 0. The molecule has 104 valence electrons. The van der Waals surface area contributed by atoms with Crippen LogP contribution in [0.4, 0.5) is 0 Å². The van der Waals surface area contributed by atoms with Crippen LogP contribution in [0.15, 0.2) is 36.4 Å². The first kappa shape index (κ1) is 15.0. The standard InChI is InChI=1S/C14H9Cl3O3/c1-19-10-4-2-3-8(5-10)14(18)20-13-11(16)6-9(15)7-12(13)17/h2-7H,1H3. The molecule has 6 heteroatoms. The number of rotatable bonds is 3. The second kappa shape index (κ2) is 6.35. The Hall–Kier alpha value is -1.42. The van der Waals surface area contributed by atoms with Gasteiger partial charge in [0.2, 0.25) is 0 Å². The van der Waals surface area contributed by atoms with E-state index in [-0.39, 0.29) is 15.8 Å². The molecule has 0 radical (unpaired) electrons. The second-order valence-electron chi connectivity index (χ2n) is 3.82. The first-order chi connectivity index (χ1) is 9.51. The van der Waals surface area contributed by atoms with Crippen molar-refractivity contribution in [1.82, 2.24) is 0 Å². The minimum absolute atomic E-state index is 0.0746. The van der Waals surface area contributed by atoms with Crippen molar-refractivity contribution in [3.05, 3.63) is 57.0 Å². The van der Waals surface area contributed by atoms with E-state index in [0.717, 1.165) is 0 Å². The van der Waals surface area contributed by atoms with Gasteiger partial charge < -0.3 is 9.47 Å². The predicted octanol–water partition coefficient (Wildman–Crippen LogP) is 4.87. The van der Waals surface area contributed by atoms with Crippen LogP contribution in [0.1, 0.15) is 10.4 Å². The molecule has 0 amide bonds. The zero-order valence-electron chi connectivity index (χ0n) is 10.3. The number of esters is 1. The fourth-order valence-electron chi connectivity index (χ4n) is 1.53. The molecule has 0 atom stereocenters. The molecular weight excluding hydrogens is 323 g/mol. The third kappa shape index (κ3) is 3.37. The number of ether oxygens (including phenoxy) is 2. The highest BCUT2D eigenvalue weighted by atomic mass is 35.5. The Morgan fingerprint density at radius 1 is 1.05 bits per heavy atom. The largest absolute Gasteiger partial charge is 0.497 e. The van der Waals surface area contributed by atoms with E-state index in [1.165, 1.54) is 19.2 Å². The highest BCUT2D eigenvalue weighted by molar-refractivity contribution is 6.40. The van der Waals surface area contributed by atoms with Crippen molar-refractivity contribution in [3.63, 3.8) is 0 Å². The van der Waals surface area contributed by atoms with Crippen LogP contribution >= 0.6 is 34.8 Å². The number of hydrogen-bond acceptors (Lipinski definition) is 3. The van der Waals surface area contributed by atoms with Gasteiger partial charge in [-0.15, -0.1) is 0 Å². The van der Waals surface area contributed by atoms with E-state index in [4.69, 9.17) is 44.3 Å². The molecule has 0 bridgehead atoms. The molecule has 2 aromatic carbocycles. The van der Waals surface area contributed by atoms with Gasteiger partial charge in [-0.2, -0.15) is 0 Å². The molecule has 20 heavy (non-hydrogen) atoms. The average Bonchev–Trinajstić information content (AvgIpc) is 2.42. The Labute approximate surface area is 131 Å². The molecule has 0 aromatic heterocycles. The van der Waals surface area contributed by atoms with Crippen LogP contribution in [0.5, 0.6) is 11.5 Å². The van der Waals surface area contributed by atoms with Crippen LogP contribution in [0.2, 0.25) is 15.1 Å². The SMILES string of the molecule is COc1cccc(C(=O)Oc2c(Cl)cc(Cl)cc2Cl)c1. The van der Waals surface area contributed by atoms with Crippen molar-refractivity contribution >= 4 is 40.8 Å². The van der Waals surface area contributed by atoms with Gasteiger partial charge in [-0.25, -0.2) is 4.79 Å². The molecule has 0 fully saturated rings. The van der Waals surface area contributed by atoms with Crippen molar-refractivity contribution in [2.45, 2.75) is 0 Å². The van der Waals surface area contributed by atoms with Gasteiger partial charge in [0.05, 0.1) is 22.7 Å². The van der Waals surface area contributed by atoms with Gasteiger partial charge in [-0.1, -0.05) is 40.9 Å². The van der Waals surface area contributed by atoms with Crippen LogP contribution in [-0.2, 0) is 0 Å². The Morgan fingerprint density at radius 3 is 2.30 bits per heavy atom. The molecule has 0 aliphatic rings. The first-order valence-corrected chi connectivity index (χ1v) is 6.65. The monoisotopic (exact) mass is 330 g/mol. The van der Waals surface area contributed by atoms with Gasteiger partial charge in [0.1, 0.15) is 5.75 Å². The minimum Gasteiger partial charge on any atom is -0.497 e. The molecule has 0 unspecified atom stereocenters. The summed E-state index contributed by atoms with van der Waals surface area (Å²) in [5.74, 6) is 0.0355. The van der Waals surface area contributed by atoms with Crippen LogP contribution in [-0.4, -0.2) is 13.1 Å². The van der Waals surface area contributed by atoms with Crippen molar-refractivity contribution in [3.8, 4) is 11.5 Å². The summed E-state index contributed by atoms with van der Waals surface area (Å²) in [5.41, 5.74) is 0.325. The normalized spacial score (nSPS) is 10.2. The fourth-order valence-corrected chi connectivity index (χ4v) is 2.42. The van der Waals surface area contributed by atoms with E-state index in [9.17, 15) is 4.79 Å². The zero-order chi connectivity index (χ0) is 14.7. The fraction of sp³-hybridized carbons (Fsp3) is 0.0714. The van der Waals surface area contributed by atoms with Crippen molar-refractivity contribution in [1.29, 1.82) is 0 Å². The quantitative estimate of drug-likeness (QED) is 0.594. The summed E-state index contributed by atoms with van der Waals surface area (Å²) < 4.78 is 10.2. The van der Waals surface area contributed by atoms with E-state index in [2.05, 4.69) is 0 Å². The van der Waals surface area contributed by atoms with Crippen molar-refractivity contribution in [2.75, 3.05) is 7.11 Å². The summed E-state index contributed by atoms with van der Waals surface area (Å²) in [4.78, 5) is 12.0. The van der Waals surface area contributed by atoms with E-state index in [1.807, 2.05) is 0 Å². The molecule has 0 saturated carbocycles. The number of methoxy groups -OCH3 is 1. The van der Waals surface area contributed by atoms with Crippen molar-refractivity contribution in [2.24, 2.45) is 0 Å². The number of halogens is 3. The lowest BCUT2D eigenvalue weighted by Crippen LogP contribution is -2.09. The Balaban J connectivity index is 2.28. The average molecular weight is 332 g/mol. The van der Waals surface area contributed by atoms with Crippen LogP contribution in [0.3, 0.4) is 0 Å². The molecule has 2 rings (SSSR count). The van der Waals surface area contributed by atoms with Gasteiger partial charge in [-0.3, -0.25) is 0 Å². The van der Waals surface area contributed by atoms with Crippen LogP contribution < -0.4 is 9.47 Å². The van der Waals surface area contributed by atoms with Gasteiger partial charge in [0.25, 0.3) is 0 Å². The lowest BCUT2D eigenvalue weighted by molar-refractivity contribution is 0.0734. The Morgan fingerprint density at radius 2 is 1.70 bits per heavy atom. The van der Waals surface area contributed by atoms with E-state index < -0.39 is 5.97 Å². The van der Waals surface area contributed by atoms with Crippen molar-refractivity contribution < 1.29 is 14.3 Å². The van der Waals surface area contributed by atoms with Crippen LogP contribution in [0, 0.1) is 0 Å². The van der Waals surface area contributed by atoms with Gasteiger partial charge in [0, 0.05) is 5.02 Å². The van der Waals surface area contributed by atoms with E-state index in [1.54, 1.807) is 24.3 Å². The molecular formula is C14H9Cl3O3. The van der Waals surface area contributed by atoms with Gasteiger partial charge >= 0.3 is 5.97 Å². The number of carbonyl (C=O) groups excluding carboxylic acids is 1. The molecule has 0 aliphatic carbocycles. The third-order valence-corrected chi connectivity index (χ3v) is 3.24. The molecule has 0 aliphatic heterocycles. The smallest absolute Gasteiger partial charge is 0.343 e. The lowest BCUT2D eigenvalue weighted by Gasteiger charge is -2.09. The Kier molecular flexibility index (Phi) is 4.76. The highest BCUT2D eigenvalue weighted by Crippen LogP contribution is 2.36. The molecule has 0 spiro atoms. The lowest BCUT2D eigenvalue weighted by atomic mass is 10.2. The topological polar surface area (TPSA) is 35.5 Å². The zero-order valence-corrected chi connectivity index (χ0v) is 12.6. The summed E-state index contributed by atoms with van der Waals surface area (Å²) in [7, 11) is 1.51. The van der Waals surface area contributed by atoms with Crippen LogP contribution in [0.25, 0.3) is 0 Å². The maximum Gasteiger partial charge on any atom is 0.343 e. The molecule has 2 aromatic rings. The summed E-state index contributed by atoms with van der Waals surface area (Å²) >= 11 is 17.7. The first-order valence-electron chi connectivity index (χ1n) is 5.52. The molecule has 0 heterocycles. The maximum atomic E-state index is 12.0. The molecule has 0 N–H and O–H groups in total. The summed E-state index contributed by atoms with van der Waals surface area (Å²) in [6, 6.07) is 9.45. The number of hydrogen-bond donors (Lipinski definition) is 0. The maximum absolute atomic E-state index is 12.0. The number of benzene rings is 2. The Bertz CT molecular complexity index is 633. The summed E-state index contributed by atoms with van der Waals surface area (Å²) in [6.07, 6.45) is 0. The second-order valence-corrected chi connectivity index (χ2v) is 5.07. The van der Waals surface area contributed by atoms with E-state index in [0.29, 0.717) is 16.3 Å². The molecule has 0 saturated heterocycles. The molecule has 3 nitrogen and oxygen atoms in total. The number of carbonyl (C=O) groups is 1. The highest BCUT2D eigenvalue weighted by Gasteiger charge is 2.15.